The van der Waals surface area contributed by atoms with Gasteiger partial charge in [-0.15, -0.1) is 11.3 Å². The van der Waals surface area contributed by atoms with Gasteiger partial charge in [-0.05, 0) is 30.1 Å². The lowest BCUT2D eigenvalue weighted by Crippen LogP contribution is -2.23. The molecular formula is C15H17N3S. The van der Waals surface area contributed by atoms with Crippen LogP contribution in [0.1, 0.15) is 23.5 Å². The maximum atomic E-state index is 4.28. The minimum atomic E-state index is 0.217. The average molecular weight is 271 g/mol. The Morgan fingerprint density at radius 1 is 1.32 bits per heavy atom. The molecule has 0 saturated heterocycles. The number of hydrogen-bond acceptors (Lipinski definition) is 3. The Kier molecular flexibility index (Phi) is 3.36. The first-order valence-electron chi connectivity index (χ1n) is 6.49. The monoisotopic (exact) mass is 271 g/mol. The zero-order chi connectivity index (χ0) is 13.2. The number of aromatic nitrogens is 2. The second-order valence-electron chi connectivity index (χ2n) is 4.56. The second-order valence-corrected chi connectivity index (χ2v) is 5.67. The fraction of sp³-hybridized carbons (Fsp3) is 0.267. The highest BCUT2D eigenvalue weighted by Crippen LogP contribution is 2.32. The lowest BCUT2D eigenvalue weighted by Gasteiger charge is -2.16. The number of fused-ring (bicyclic) bond motifs is 1. The molecule has 1 aromatic carbocycles. The molecule has 0 bridgehead atoms. The van der Waals surface area contributed by atoms with Gasteiger partial charge in [0.05, 0.1) is 11.7 Å². The second kappa shape index (κ2) is 5.15. The third-order valence-electron chi connectivity index (χ3n) is 3.29. The van der Waals surface area contributed by atoms with E-state index in [1.807, 2.05) is 29.3 Å². The van der Waals surface area contributed by atoms with Crippen molar-refractivity contribution >= 4 is 21.4 Å². The molecule has 1 N–H and O–H groups in total. The van der Waals surface area contributed by atoms with E-state index in [4.69, 9.17) is 0 Å². The van der Waals surface area contributed by atoms with E-state index < -0.39 is 0 Å². The normalized spacial score (nSPS) is 12.9. The number of nitrogens with one attached hydrogen (secondary N) is 1. The standard InChI is InChI=1S/C15H17N3S/c1-3-16-15(12-8-9-17-18(12)2)14-10-11-6-4-5-7-13(11)19-14/h4-10,15-16H,3H2,1-2H3. The molecule has 1 atom stereocenters. The largest absolute Gasteiger partial charge is 0.305 e. The Morgan fingerprint density at radius 2 is 2.16 bits per heavy atom. The van der Waals surface area contributed by atoms with Crippen LogP contribution in [0.25, 0.3) is 10.1 Å². The summed E-state index contributed by atoms with van der Waals surface area (Å²) in [5.41, 5.74) is 1.20. The van der Waals surface area contributed by atoms with Gasteiger partial charge >= 0.3 is 0 Å². The van der Waals surface area contributed by atoms with Gasteiger partial charge in [-0.2, -0.15) is 5.10 Å². The number of benzene rings is 1. The van der Waals surface area contributed by atoms with Crippen molar-refractivity contribution in [3.8, 4) is 0 Å². The van der Waals surface area contributed by atoms with Crippen molar-refractivity contribution in [3.63, 3.8) is 0 Å². The smallest absolute Gasteiger partial charge is 0.0842 e. The van der Waals surface area contributed by atoms with Crippen molar-refractivity contribution < 1.29 is 0 Å². The van der Waals surface area contributed by atoms with Crippen molar-refractivity contribution in [1.82, 2.24) is 15.1 Å². The quantitative estimate of drug-likeness (QED) is 0.789. The van der Waals surface area contributed by atoms with Crippen LogP contribution >= 0.6 is 11.3 Å². The molecule has 2 heterocycles. The van der Waals surface area contributed by atoms with Crippen LogP contribution in [0.2, 0.25) is 0 Å². The summed E-state index contributed by atoms with van der Waals surface area (Å²) in [6, 6.07) is 13.1. The molecule has 0 spiro atoms. The molecule has 0 fully saturated rings. The molecule has 19 heavy (non-hydrogen) atoms. The lowest BCUT2D eigenvalue weighted by molar-refractivity contribution is 0.579. The first-order chi connectivity index (χ1) is 9.29. The van der Waals surface area contributed by atoms with Gasteiger partial charge in [0.25, 0.3) is 0 Å². The molecule has 2 aromatic heterocycles. The highest BCUT2D eigenvalue weighted by atomic mass is 32.1. The minimum absolute atomic E-state index is 0.217. The zero-order valence-electron chi connectivity index (χ0n) is 11.1. The summed E-state index contributed by atoms with van der Waals surface area (Å²) in [6.07, 6.45) is 1.85. The summed E-state index contributed by atoms with van der Waals surface area (Å²) in [5.74, 6) is 0. The van der Waals surface area contributed by atoms with E-state index in [1.165, 1.54) is 20.7 Å². The van der Waals surface area contributed by atoms with Crippen LogP contribution in [-0.4, -0.2) is 16.3 Å². The molecule has 0 amide bonds. The van der Waals surface area contributed by atoms with E-state index >= 15 is 0 Å². The Balaban J connectivity index is 2.07. The highest BCUT2D eigenvalue weighted by Gasteiger charge is 2.18. The van der Waals surface area contributed by atoms with Gasteiger partial charge in [0.1, 0.15) is 0 Å². The van der Waals surface area contributed by atoms with E-state index in [-0.39, 0.29) is 6.04 Å². The maximum Gasteiger partial charge on any atom is 0.0842 e. The Bertz CT molecular complexity index is 650. The molecule has 1 unspecified atom stereocenters. The van der Waals surface area contributed by atoms with Crippen LogP contribution in [0, 0.1) is 0 Å². The Labute approximate surface area is 116 Å². The summed E-state index contributed by atoms with van der Waals surface area (Å²) in [7, 11) is 1.99. The molecular weight excluding hydrogens is 254 g/mol. The average Bonchev–Trinajstić information content (AvgIpc) is 3.02. The molecule has 3 nitrogen and oxygen atoms in total. The van der Waals surface area contributed by atoms with E-state index in [0.717, 1.165) is 6.54 Å². The number of rotatable bonds is 4. The topological polar surface area (TPSA) is 29.9 Å². The van der Waals surface area contributed by atoms with E-state index in [2.05, 4.69) is 53.7 Å². The number of nitrogens with zero attached hydrogens (tertiary/aromatic N) is 2. The number of thiophene rings is 1. The van der Waals surface area contributed by atoms with Crippen LogP contribution < -0.4 is 5.32 Å². The summed E-state index contributed by atoms with van der Waals surface area (Å²) >= 11 is 1.85. The van der Waals surface area contributed by atoms with Crippen LogP contribution in [-0.2, 0) is 7.05 Å². The molecule has 0 saturated carbocycles. The van der Waals surface area contributed by atoms with Crippen molar-refractivity contribution in [2.24, 2.45) is 7.05 Å². The van der Waals surface area contributed by atoms with Crippen LogP contribution in [0.3, 0.4) is 0 Å². The van der Waals surface area contributed by atoms with Gasteiger partial charge in [0.15, 0.2) is 0 Å². The molecule has 0 aliphatic rings. The molecule has 98 valence electrons. The van der Waals surface area contributed by atoms with Crippen molar-refractivity contribution in [3.05, 3.63) is 53.2 Å². The van der Waals surface area contributed by atoms with Gasteiger partial charge in [0, 0.05) is 22.8 Å². The number of hydrogen-bond donors (Lipinski definition) is 1. The van der Waals surface area contributed by atoms with Gasteiger partial charge in [0.2, 0.25) is 0 Å². The summed E-state index contributed by atoms with van der Waals surface area (Å²) in [6.45, 7) is 3.07. The first-order valence-corrected chi connectivity index (χ1v) is 7.31. The highest BCUT2D eigenvalue weighted by molar-refractivity contribution is 7.19. The first kappa shape index (κ1) is 12.4. The van der Waals surface area contributed by atoms with Gasteiger partial charge in [-0.25, -0.2) is 0 Å². The SMILES string of the molecule is CCNC(c1cc2ccccc2s1)c1ccnn1C. The van der Waals surface area contributed by atoms with Crippen LogP contribution in [0.15, 0.2) is 42.6 Å². The van der Waals surface area contributed by atoms with Crippen LogP contribution in [0.5, 0.6) is 0 Å². The molecule has 0 radical (unpaired) electrons. The molecule has 3 aromatic rings. The van der Waals surface area contributed by atoms with Crippen molar-refractivity contribution in [2.75, 3.05) is 6.54 Å². The van der Waals surface area contributed by atoms with E-state index in [0.29, 0.717) is 0 Å². The van der Waals surface area contributed by atoms with E-state index in [1.54, 1.807) is 0 Å². The van der Waals surface area contributed by atoms with Crippen molar-refractivity contribution in [2.45, 2.75) is 13.0 Å². The zero-order valence-corrected chi connectivity index (χ0v) is 11.9. The number of aryl methyl sites for hydroxylation is 1. The fourth-order valence-electron chi connectivity index (χ4n) is 2.37. The summed E-state index contributed by atoms with van der Waals surface area (Å²) in [4.78, 5) is 1.34. The predicted molar refractivity (Wildman–Crippen MR) is 80.6 cm³/mol. The fourth-order valence-corrected chi connectivity index (χ4v) is 3.52. The molecule has 3 rings (SSSR count). The van der Waals surface area contributed by atoms with Crippen molar-refractivity contribution in [1.29, 1.82) is 0 Å². The maximum absolute atomic E-state index is 4.28. The minimum Gasteiger partial charge on any atom is -0.305 e. The summed E-state index contributed by atoms with van der Waals surface area (Å²) in [5, 5.41) is 9.15. The van der Waals surface area contributed by atoms with E-state index in [9.17, 15) is 0 Å². The summed E-state index contributed by atoms with van der Waals surface area (Å²) < 4.78 is 3.28. The molecule has 4 heteroatoms. The van der Waals surface area contributed by atoms with Gasteiger partial charge in [-0.1, -0.05) is 25.1 Å². The van der Waals surface area contributed by atoms with Gasteiger partial charge in [-0.3, -0.25) is 4.68 Å². The lowest BCUT2D eigenvalue weighted by atomic mass is 10.1. The third kappa shape index (κ3) is 2.29. The van der Waals surface area contributed by atoms with Gasteiger partial charge < -0.3 is 5.32 Å². The Morgan fingerprint density at radius 3 is 2.84 bits per heavy atom. The predicted octanol–water partition coefficient (Wildman–Crippen LogP) is 3.33. The van der Waals surface area contributed by atoms with Crippen LogP contribution in [0.4, 0.5) is 0 Å². The molecule has 0 aliphatic heterocycles. The third-order valence-corrected chi connectivity index (χ3v) is 4.47. The molecule has 0 aliphatic carbocycles. The Hall–Kier alpha value is -1.65.